The third-order valence-electron chi connectivity index (χ3n) is 5.20. The maximum Gasteiger partial charge on any atom is 0.276 e. The van der Waals surface area contributed by atoms with Crippen LogP contribution in [0.3, 0.4) is 0 Å². The molecule has 8 nitrogen and oxygen atoms in total. The Morgan fingerprint density at radius 2 is 1.94 bits per heavy atom. The number of azo groups is 1. The summed E-state index contributed by atoms with van der Waals surface area (Å²) in [7, 11) is 1.58. The highest BCUT2D eigenvalue weighted by Crippen LogP contribution is 2.34. The third kappa shape index (κ3) is 3.33. The minimum Gasteiger partial charge on any atom is -0.495 e. The van der Waals surface area contributed by atoms with E-state index in [4.69, 9.17) is 4.74 Å². The zero-order valence-electron chi connectivity index (χ0n) is 16.5. The molecule has 31 heavy (non-hydrogen) atoms. The van der Waals surface area contributed by atoms with Crippen LogP contribution >= 0.6 is 0 Å². The normalized spacial score (nSPS) is 17.2. The second-order valence-electron chi connectivity index (χ2n) is 7.05. The van der Waals surface area contributed by atoms with Gasteiger partial charge in [-0.3, -0.25) is 9.59 Å². The molecule has 1 unspecified atom stereocenters. The van der Waals surface area contributed by atoms with E-state index in [9.17, 15) is 9.59 Å². The Labute approximate surface area is 177 Å². The van der Waals surface area contributed by atoms with Gasteiger partial charge in [0, 0.05) is 11.3 Å². The summed E-state index contributed by atoms with van der Waals surface area (Å²) in [6.07, 6.45) is 10.6. The predicted octanol–water partition coefficient (Wildman–Crippen LogP) is 4.04. The number of carbonyl (C=O) groups excluding carboxylic acids is 2. The first kappa shape index (κ1) is 18.7. The van der Waals surface area contributed by atoms with E-state index in [-0.39, 0.29) is 11.8 Å². The van der Waals surface area contributed by atoms with Crippen molar-refractivity contribution in [2.45, 2.75) is 0 Å². The zero-order valence-corrected chi connectivity index (χ0v) is 16.5. The SMILES string of the molecule is COc1ccc2c(C(=O)Nc3ccc(C4=C5C=CC=CC5C(=O)N=N4)cc3)cnn2c1. The van der Waals surface area contributed by atoms with E-state index < -0.39 is 5.92 Å². The van der Waals surface area contributed by atoms with Crippen LogP contribution in [0.25, 0.3) is 11.2 Å². The molecule has 0 radical (unpaired) electrons. The van der Waals surface area contributed by atoms with Crippen molar-refractivity contribution in [1.82, 2.24) is 9.61 Å². The zero-order chi connectivity index (χ0) is 21.4. The van der Waals surface area contributed by atoms with Crippen LogP contribution in [0.4, 0.5) is 5.69 Å². The van der Waals surface area contributed by atoms with Gasteiger partial charge in [-0.2, -0.15) is 5.10 Å². The van der Waals surface area contributed by atoms with E-state index in [0.29, 0.717) is 28.2 Å². The number of ether oxygens (including phenoxy) is 1. The quantitative estimate of drug-likeness (QED) is 0.701. The molecule has 1 aliphatic carbocycles. The van der Waals surface area contributed by atoms with E-state index >= 15 is 0 Å². The average molecular weight is 411 g/mol. The van der Waals surface area contributed by atoms with E-state index in [0.717, 1.165) is 11.1 Å². The molecule has 2 aromatic heterocycles. The predicted molar refractivity (Wildman–Crippen MR) is 115 cm³/mol. The van der Waals surface area contributed by atoms with Crippen molar-refractivity contribution in [3.8, 4) is 5.75 Å². The molecular weight excluding hydrogens is 394 g/mol. The molecule has 2 aliphatic rings. The molecule has 0 bridgehead atoms. The summed E-state index contributed by atoms with van der Waals surface area (Å²) in [4.78, 5) is 24.7. The van der Waals surface area contributed by atoms with Gasteiger partial charge < -0.3 is 10.1 Å². The molecule has 0 saturated carbocycles. The highest BCUT2D eigenvalue weighted by Gasteiger charge is 2.27. The van der Waals surface area contributed by atoms with Crippen LogP contribution in [-0.4, -0.2) is 28.5 Å². The summed E-state index contributed by atoms with van der Waals surface area (Å²) < 4.78 is 6.78. The van der Waals surface area contributed by atoms with Gasteiger partial charge in [-0.25, -0.2) is 4.52 Å². The second kappa shape index (κ2) is 7.49. The smallest absolute Gasteiger partial charge is 0.276 e. The minimum absolute atomic E-state index is 0.265. The van der Waals surface area contributed by atoms with Crippen LogP contribution in [-0.2, 0) is 4.79 Å². The lowest BCUT2D eigenvalue weighted by Gasteiger charge is -2.19. The number of aromatic nitrogens is 2. The molecule has 0 saturated heterocycles. The molecule has 3 heterocycles. The van der Waals surface area contributed by atoms with Crippen LogP contribution in [0.5, 0.6) is 5.75 Å². The summed E-state index contributed by atoms with van der Waals surface area (Å²) in [5.74, 6) is -0.278. The molecule has 1 atom stereocenters. The number of carbonyl (C=O) groups is 2. The molecule has 0 spiro atoms. The van der Waals surface area contributed by atoms with Gasteiger partial charge in [0.25, 0.3) is 11.8 Å². The number of hydrogen-bond donors (Lipinski definition) is 1. The van der Waals surface area contributed by atoms with Gasteiger partial charge in [0.05, 0.1) is 42.2 Å². The maximum atomic E-state index is 12.8. The number of pyridine rings is 1. The van der Waals surface area contributed by atoms with Gasteiger partial charge in [-0.15, -0.1) is 10.2 Å². The first-order valence-corrected chi connectivity index (χ1v) is 9.62. The van der Waals surface area contributed by atoms with Crippen molar-refractivity contribution in [1.29, 1.82) is 0 Å². The topological polar surface area (TPSA) is 97.4 Å². The lowest BCUT2D eigenvalue weighted by Crippen LogP contribution is -2.17. The Morgan fingerprint density at radius 1 is 1.10 bits per heavy atom. The molecule has 3 aromatic rings. The number of benzene rings is 1. The van der Waals surface area contributed by atoms with E-state index in [1.165, 1.54) is 6.20 Å². The number of rotatable bonds is 4. The Balaban J connectivity index is 1.38. The van der Waals surface area contributed by atoms with Crippen molar-refractivity contribution >= 4 is 28.7 Å². The van der Waals surface area contributed by atoms with Crippen molar-refractivity contribution in [3.63, 3.8) is 0 Å². The van der Waals surface area contributed by atoms with Crippen LogP contribution in [0.15, 0.2) is 88.9 Å². The number of allylic oxidation sites excluding steroid dienone is 3. The summed E-state index contributed by atoms with van der Waals surface area (Å²) in [6.45, 7) is 0. The van der Waals surface area contributed by atoms with Gasteiger partial charge in [0.2, 0.25) is 0 Å². The van der Waals surface area contributed by atoms with E-state index in [1.54, 1.807) is 42.1 Å². The number of amides is 2. The van der Waals surface area contributed by atoms with Crippen molar-refractivity contribution in [3.05, 3.63) is 89.8 Å². The number of nitrogens with zero attached hydrogens (tertiary/aromatic N) is 4. The van der Waals surface area contributed by atoms with Crippen LogP contribution in [0.2, 0.25) is 0 Å². The molecule has 8 heteroatoms. The molecule has 5 rings (SSSR count). The van der Waals surface area contributed by atoms with Gasteiger partial charge in [0.15, 0.2) is 0 Å². The Kier molecular flexibility index (Phi) is 4.51. The first-order valence-electron chi connectivity index (χ1n) is 9.62. The van der Waals surface area contributed by atoms with Crippen molar-refractivity contribution in [2.24, 2.45) is 16.1 Å². The van der Waals surface area contributed by atoms with Gasteiger partial charge in [0.1, 0.15) is 5.75 Å². The first-order chi connectivity index (χ1) is 15.1. The molecule has 1 N–H and O–H groups in total. The van der Waals surface area contributed by atoms with Crippen LogP contribution in [0, 0.1) is 5.92 Å². The standard InChI is InChI=1S/C23H17N5O3/c1-31-16-10-11-20-19(12-24-28(20)13-16)22(29)25-15-8-6-14(7-9-15)21-17-4-2-3-5-18(17)23(30)27-26-21/h2-13,18H,1H3,(H,25,29). The van der Waals surface area contributed by atoms with E-state index in [2.05, 4.69) is 20.6 Å². The van der Waals surface area contributed by atoms with Crippen LogP contribution < -0.4 is 10.1 Å². The fourth-order valence-corrected chi connectivity index (χ4v) is 3.60. The Bertz CT molecular complexity index is 1330. The molecular formula is C23H17N5O3. The minimum atomic E-state index is -0.397. The van der Waals surface area contributed by atoms with Gasteiger partial charge in [-0.1, -0.05) is 36.4 Å². The summed E-state index contributed by atoms with van der Waals surface area (Å²) in [5.41, 5.74) is 4.06. The van der Waals surface area contributed by atoms with E-state index in [1.807, 2.05) is 36.4 Å². The molecule has 152 valence electrons. The molecule has 1 aliphatic heterocycles. The maximum absolute atomic E-state index is 12.8. The number of anilines is 1. The Morgan fingerprint density at radius 3 is 2.74 bits per heavy atom. The molecule has 0 fully saturated rings. The molecule has 2 amide bonds. The summed E-state index contributed by atoms with van der Waals surface area (Å²) in [5, 5.41) is 15.0. The largest absolute Gasteiger partial charge is 0.495 e. The van der Waals surface area contributed by atoms with Gasteiger partial charge >= 0.3 is 0 Å². The summed E-state index contributed by atoms with van der Waals surface area (Å²) >= 11 is 0. The third-order valence-corrected chi connectivity index (χ3v) is 5.20. The van der Waals surface area contributed by atoms with Gasteiger partial charge in [-0.05, 0) is 29.8 Å². The highest BCUT2D eigenvalue weighted by molar-refractivity contribution is 6.08. The number of fused-ring (bicyclic) bond motifs is 2. The average Bonchev–Trinajstić information content (AvgIpc) is 3.23. The Hall–Kier alpha value is -4.33. The fourth-order valence-electron chi connectivity index (χ4n) is 3.60. The monoisotopic (exact) mass is 411 g/mol. The lowest BCUT2D eigenvalue weighted by molar-refractivity contribution is -0.119. The highest BCUT2D eigenvalue weighted by atomic mass is 16.5. The second-order valence-corrected chi connectivity index (χ2v) is 7.05. The molecule has 1 aromatic carbocycles. The number of hydrogen-bond acceptors (Lipinski definition) is 5. The van der Waals surface area contributed by atoms with Crippen molar-refractivity contribution in [2.75, 3.05) is 12.4 Å². The fraction of sp³-hybridized carbons (Fsp3) is 0.0870. The summed E-state index contributed by atoms with van der Waals surface area (Å²) in [6, 6.07) is 10.8. The van der Waals surface area contributed by atoms with Crippen LogP contribution in [0.1, 0.15) is 15.9 Å². The number of nitrogens with one attached hydrogen (secondary N) is 1. The van der Waals surface area contributed by atoms with Crippen molar-refractivity contribution < 1.29 is 14.3 Å². The lowest BCUT2D eigenvalue weighted by atomic mass is 9.89. The number of methoxy groups -OCH3 is 1.